The summed E-state index contributed by atoms with van der Waals surface area (Å²) in [7, 11) is 1.86. The second kappa shape index (κ2) is 7.49. The van der Waals surface area contributed by atoms with E-state index in [1.807, 2.05) is 25.8 Å². The van der Waals surface area contributed by atoms with Crippen LogP contribution in [0.25, 0.3) is 11.5 Å². The van der Waals surface area contributed by atoms with Crippen LogP contribution in [0.5, 0.6) is 0 Å². The summed E-state index contributed by atoms with van der Waals surface area (Å²) in [5, 5.41) is 8.37. The Labute approximate surface area is 162 Å². The molecular formula is C19H23N7O2. The molecule has 1 unspecified atom stereocenters. The summed E-state index contributed by atoms with van der Waals surface area (Å²) in [6, 6.07) is 0. The van der Waals surface area contributed by atoms with Crippen LogP contribution in [0.4, 0.5) is 0 Å². The lowest BCUT2D eigenvalue weighted by molar-refractivity contribution is 0.0666. The van der Waals surface area contributed by atoms with E-state index in [-0.39, 0.29) is 11.8 Å². The van der Waals surface area contributed by atoms with Gasteiger partial charge in [0.1, 0.15) is 5.69 Å². The van der Waals surface area contributed by atoms with Crippen molar-refractivity contribution in [3.8, 4) is 11.5 Å². The molecule has 0 N–H and O–H groups in total. The van der Waals surface area contributed by atoms with Gasteiger partial charge in [-0.2, -0.15) is 10.1 Å². The highest BCUT2D eigenvalue weighted by Crippen LogP contribution is 2.24. The van der Waals surface area contributed by atoms with E-state index in [2.05, 4.69) is 25.2 Å². The van der Waals surface area contributed by atoms with Crippen molar-refractivity contribution in [3.63, 3.8) is 0 Å². The predicted octanol–water partition coefficient (Wildman–Crippen LogP) is 1.97. The Kier molecular flexibility index (Phi) is 4.89. The van der Waals surface area contributed by atoms with Gasteiger partial charge in [-0.3, -0.25) is 14.5 Å². The van der Waals surface area contributed by atoms with Gasteiger partial charge in [-0.15, -0.1) is 0 Å². The molecule has 4 heterocycles. The Morgan fingerprint density at radius 1 is 1.32 bits per heavy atom. The van der Waals surface area contributed by atoms with Gasteiger partial charge in [-0.25, -0.2) is 4.98 Å². The van der Waals surface area contributed by atoms with Crippen LogP contribution in [0.3, 0.4) is 0 Å². The highest BCUT2D eigenvalue weighted by molar-refractivity contribution is 5.96. The smallest absolute Gasteiger partial charge is 0.257 e. The number of hydrogen-bond acceptors (Lipinski definition) is 7. The molecule has 9 nitrogen and oxygen atoms in total. The van der Waals surface area contributed by atoms with E-state index in [1.165, 1.54) is 0 Å². The van der Waals surface area contributed by atoms with Gasteiger partial charge in [-0.1, -0.05) is 5.16 Å². The lowest BCUT2D eigenvalue weighted by atomic mass is 9.94. The van der Waals surface area contributed by atoms with Crippen LogP contribution in [0.2, 0.25) is 0 Å². The Hall–Kier alpha value is -3.10. The molecule has 4 rings (SSSR count). The molecule has 1 fully saturated rings. The third kappa shape index (κ3) is 3.51. The van der Waals surface area contributed by atoms with Gasteiger partial charge in [0, 0.05) is 44.6 Å². The van der Waals surface area contributed by atoms with Gasteiger partial charge in [-0.05, 0) is 32.6 Å². The Morgan fingerprint density at radius 3 is 2.89 bits per heavy atom. The van der Waals surface area contributed by atoms with Crippen LogP contribution >= 0.6 is 0 Å². The first-order valence-electron chi connectivity index (χ1n) is 9.41. The molecule has 0 radical (unpaired) electrons. The fraction of sp³-hybridized carbons (Fsp3) is 0.474. The third-order valence-corrected chi connectivity index (χ3v) is 5.25. The summed E-state index contributed by atoms with van der Waals surface area (Å²) in [5.41, 5.74) is 2.97. The summed E-state index contributed by atoms with van der Waals surface area (Å²) in [4.78, 5) is 27.6. The summed E-state index contributed by atoms with van der Waals surface area (Å²) in [5.74, 6) is 1.34. The van der Waals surface area contributed by atoms with Crippen molar-refractivity contribution >= 4 is 5.91 Å². The van der Waals surface area contributed by atoms with Crippen molar-refractivity contribution in [1.29, 1.82) is 0 Å². The number of amides is 1. The number of likely N-dealkylation sites (tertiary alicyclic amines) is 1. The number of hydrogen-bond donors (Lipinski definition) is 0. The average molecular weight is 381 g/mol. The molecule has 0 spiro atoms. The number of rotatable bonds is 4. The van der Waals surface area contributed by atoms with E-state index in [4.69, 9.17) is 4.52 Å². The number of aromatic nitrogens is 6. The molecule has 28 heavy (non-hydrogen) atoms. The molecule has 146 valence electrons. The van der Waals surface area contributed by atoms with Gasteiger partial charge >= 0.3 is 0 Å². The predicted molar refractivity (Wildman–Crippen MR) is 100 cm³/mol. The standard InChI is InChI=1S/C19H23N7O2/c1-12-17(13(2)25(3)23-12)19(27)26-8-4-5-14(11-26)9-16-22-18(24-28-16)15-10-20-6-7-21-15/h6-7,10,14H,4-5,8-9,11H2,1-3H3. The van der Waals surface area contributed by atoms with Gasteiger partial charge < -0.3 is 9.42 Å². The number of carbonyl (C=O) groups is 1. The summed E-state index contributed by atoms with van der Waals surface area (Å²) in [6.45, 7) is 5.25. The van der Waals surface area contributed by atoms with Crippen LogP contribution in [-0.4, -0.2) is 53.8 Å². The van der Waals surface area contributed by atoms with E-state index >= 15 is 0 Å². The number of carbonyl (C=O) groups excluding carboxylic acids is 1. The normalized spacial score (nSPS) is 17.1. The zero-order valence-corrected chi connectivity index (χ0v) is 16.3. The Balaban J connectivity index is 1.44. The van der Waals surface area contributed by atoms with Crippen molar-refractivity contribution in [2.24, 2.45) is 13.0 Å². The maximum Gasteiger partial charge on any atom is 0.257 e. The molecule has 0 saturated carbocycles. The monoisotopic (exact) mass is 381 g/mol. The summed E-state index contributed by atoms with van der Waals surface area (Å²) in [6.07, 6.45) is 7.43. The summed E-state index contributed by atoms with van der Waals surface area (Å²) >= 11 is 0. The maximum atomic E-state index is 13.0. The van der Waals surface area contributed by atoms with Crippen molar-refractivity contribution in [2.75, 3.05) is 13.1 Å². The first-order chi connectivity index (χ1) is 13.5. The molecule has 3 aromatic heterocycles. The average Bonchev–Trinajstić information content (AvgIpc) is 3.26. The Morgan fingerprint density at radius 2 is 2.18 bits per heavy atom. The van der Waals surface area contributed by atoms with Gasteiger partial charge in [0.15, 0.2) is 0 Å². The fourth-order valence-corrected chi connectivity index (χ4v) is 3.76. The lowest BCUT2D eigenvalue weighted by Crippen LogP contribution is -2.41. The molecule has 1 saturated heterocycles. The third-order valence-electron chi connectivity index (χ3n) is 5.25. The van der Waals surface area contributed by atoms with E-state index in [9.17, 15) is 4.79 Å². The molecule has 9 heteroatoms. The molecule has 1 aliphatic heterocycles. The van der Waals surface area contributed by atoms with Gasteiger partial charge in [0.05, 0.1) is 17.5 Å². The minimum absolute atomic E-state index is 0.0542. The highest BCUT2D eigenvalue weighted by atomic mass is 16.5. The number of aryl methyl sites for hydroxylation is 2. The number of nitrogens with zero attached hydrogens (tertiary/aromatic N) is 7. The molecule has 0 bridgehead atoms. The van der Waals surface area contributed by atoms with Crippen LogP contribution in [-0.2, 0) is 13.5 Å². The summed E-state index contributed by atoms with van der Waals surface area (Å²) < 4.78 is 7.16. The van der Waals surface area contributed by atoms with Crippen LogP contribution in [0.1, 0.15) is 40.5 Å². The molecule has 1 aliphatic rings. The minimum atomic E-state index is 0.0542. The second-order valence-electron chi connectivity index (χ2n) is 7.24. The van der Waals surface area contributed by atoms with Crippen molar-refractivity contribution in [1.82, 2.24) is 34.8 Å². The minimum Gasteiger partial charge on any atom is -0.339 e. The molecule has 0 aromatic carbocycles. The quantitative estimate of drug-likeness (QED) is 0.681. The SMILES string of the molecule is Cc1nn(C)c(C)c1C(=O)N1CCCC(Cc2nc(-c3cnccn3)no2)C1. The first kappa shape index (κ1) is 18.3. The zero-order valence-electron chi connectivity index (χ0n) is 16.3. The number of piperidine rings is 1. The second-order valence-corrected chi connectivity index (χ2v) is 7.24. The molecular weight excluding hydrogens is 358 g/mol. The Bertz CT molecular complexity index is 980. The van der Waals surface area contributed by atoms with E-state index < -0.39 is 0 Å². The zero-order chi connectivity index (χ0) is 19.7. The lowest BCUT2D eigenvalue weighted by Gasteiger charge is -2.32. The molecule has 0 aliphatic carbocycles. The van der Waals surface area contributed by atoms with Crippen LogP contribution in [0, 0.1) is 19.8 Å². The van der Waals surface area contributed by atoms with E-state index in [0.29, 0.717) is 35.9 Å². The topological polar surface area (TPSA) is 103 Å². The largest absolute Gasteiger partial charge is 0.339 e. The molecule has 1 atom stereocenters. The van der Waals surface area contributed by atoms with Crippen LogP contribution < -0.4 is 0 Å². The highest BCUT2D eigenvalue weighted by Gasteiger charge is 2.29. The van der Waals surface area contributed by atoms with Gasteiger partial charge in [0.25, 0.3) is 5.91 Å². The van der Waals surface area contributed by atoms with Crippen molar-refractivity contribution in [3.05, 3.63) is 41.4 Å². The van der Waals surface area contributed by atoms with Gasteiger partial charge in [0.2, 0.25) is 11.7 Å². The van der Waals surface area contributed by atoms with Crippen molar-refractivity contribution in [2.45, 2.75) is 33.1 Å². The maximum absolute atomic E-state index is 13.0. The van der Waals surface area contributed by atoms with E-state index in [1.54, 1.807) is 23.3 Å². The molecule has 3 aromatic rings. The molecule has 1 amide bonds. The first-order valence-corrected chi connectivity index (χ1v) is 9.41. The van der Waals surface area contributed by atoms with E-state index in [0.717, 1.165) is 30.8 Å². The van der Waals surface area contributed by atoms with Crippen molar-refractivity contribution < 1.29 is 9.32 Å². The fourth-order valence-electron chi connectivity index (χ4n) is 3.76. The van der Waals surface area contributed by atoms with Crippen LogP contribution in [0.15, 0.2) is 23.1 Å².